The van der Waals surface area contributed by atoms with E-state index >= 15 is 0 Å². The molecular weight excluding hydrogens is 210 g/mol. The van der Waals surface area contributed by atoms with Crippen LogP contribution in [-0.2, 0) is 0 Å². The molecule has 1 aromatic carbocycles. The zero-order valence-electron chi connectivity index (χ0n) is 9.48. The summed E-state index contributed by atoms with van der Waals surface area (Å²) in [5, 5.41) is 6.50. The molecule has 1 heterocycles. The average Bonchev–Trinajstić information content (AvgIpc) is 2.34. The Hall–Kier alpha value is -1.84. The van der Waals surface area contributed by atoms with Gasteiger partial charge in [0.15, 0.2) is 0 Å². The molecule has 0 spiro atoms. The Morgan fingerprint density at radius 2 is 1.94 bits per heavy atom. The highest BCUT2D eigenvalue weighted by molar-refractivity contribution is 5.78. The molecule has 3 heteroatoms. The molecule has 1 aliphatic carbocycles. The smallest absolute Gasteiger partial charge is 0.130 e. The highest BCUT2D eigenvalue weighted by Crippen LogP contribution is 2.25. The van der Waals surface area contributed by atoms with Crippen molar-refractivity contribution < 1.29 is 0 Å². The number of hydrogen-bond acceptors (Lipinski definition) is 3. The summed E-state index contributed by atoms with van der Waals surface area (Å²) in [6.45, 7) is 0.794. The SMILES string of the molecule is NC1NCC2=C(N1)c1ccccc1/C=C\C=C/2. The van der Waals surface area contributed by atoms with Gasteiger partial charge in [0.2, 0.25) is 0 Å². The molecule has 0 bridgehead atoms. The van der Waals surface area contributed by atoms with Gasteiger partial charge >= 0.3 is 0 Å². The maximum atomic E-state index is 5.89. The summed E-state index contributed by atoms with van der Waals surface area (Å²) in [6, 6.07) is 8.34. The first-order valence-electron chi connectivity index (χ1n) is 5.77. The van der Waals surface area contributed by atoms with E-state index in [9.17, 15) is 0 Å². The van der Waals surface area contributed by atoms with Gasteiger partial charge in [0, 0.05) is 17.8 Å². The molecule has 0 saturated carbocycles. The summed E-state index contributed by atoms with van der Waals surface area (Å²) in [5.74, 6) is 0. The first-order chi connectivity index (χ1) is 8.34. The standard InChI is InChI=1S/C14H15N3/c15-14-16-9-11-7-2-1-5-10-6-3-4-8-12(10)13(11)17-14/h1-8,14,16-17H,9,15H2/b2-1?,5-1-,7-2-,10-5?,11-7?,13-12?. The van der Waals surface area contributed by atoms with Gasteiger partial charge in [0.25, 0.3) is 0 Å². The van der Waals surface area contributed by atoms with Gasteiger partial charge in [0.1, 0.15) is 6.29 Å². The van der Waals surface area contributed by atoms with Crippen molar-refractivity contribution in [1.82, 2.24) is 10.6 Å². The summed E-state index contributed by atoms with van der Waals surface area (Å²) in [5.41, 5.74) is 10.7. The van der Waals surface area contributed by atoms with E-state index in [-0.39, 0.29) is 6.29 Å². The van der Waals surface area contributed by atoms with Crippen molar-refractivity contribution in [2.24, 2.45) is 5.73 Å². The van der Waals surface area contributed by atoms with Crippen LogP contribution < -0.4 is 16.4 Å². The van der Waals surface area contributed by atoms with Gasteiger partial charge in [-0.15, -0.1) is 0 Å². The lowest BCUT2D eigenvalue weighted by Gasteiger charge is -2.28. The predicted molar refractivity (Wildman–Crippen MR) is 70.6 cm³/mol. The minimum absolute atomic E-state index is 0.182. The summed E-state index contributed by atoms with van der Waals surface area (Å²) in [6.07, 6.45) is 8.18. The van der Waals surface area contributed by atoms with Crippen molar-refractivity contribution in [3.63, 3.8) is 0 Å². The molecule has 0 saturated heterocycles. The number of allylic oxidation sites excluding steroid dienone is 2. The zero-order chi connectivity index (χ0) is 11.7. The van der Waals surface area contributed by atoms with E-state index in [2.05, 4.69) is 59.2 Å². The summed E-state index contributed by atoms with van der Waals surface area (Å²) in [7, 11) is 0. The fraction of sp³-hybridized carbons (Fsp3) is 0.143. The summed E-state index contributed by atoms with van der Waals surface area (Å²) < 4.78 is 0. The number of rotatable bonds is 0. The summed E-state index contributed by atoms with van der Waals surface area (Å²) >= 11 is 0. The Balaban J connectivity index is 2.18. The maximum absolute atomic E-state index is 5.89. The van der Waals surface area contributed by atoms with Gasteiger partial charge in [-0.1, -0.05) is 48.6 Å². The van der Waals surface area contributed by atoms with Crippen LogP contribution in [0.1, 0.15) is 11.1 Å². The lowest BCUT2D eigenvalue weighted by atomic mass is 9.97. The number of hydrogen-bond donors (Lipinski definition) is 3. The first kappa shape index (κ1) is 10.3. The molecule has 0 aromatic heterocycles. The van der Waals surface area contributed by atoms with Gasteiger partial charge in [0.05, 0.1) is 0 Å². The Kier molecular flexibility index (Phi) is 2.55. The molecule has 1 atom stereocenters. The monoisotopic (exact) mass is 225 g/mol. The van der Waals surface area contributed by atoms with Crippen LogP contribution in [0.2, 0.25) is 0 Å². The van der Waals surface area contributed by atoms with E-state index < -0.39 is 0 Å². The maximum Gasteiger partial charge on any atom is 0.130 e. The molecule has 2 aliphatic rings. The van der Waals surface area contributed by atoms with Gasteiger partial charge in [-0.3, -0.25) is 11.1 Å². The molecule has 0 radical (unpaired) electrons. The Morgan fingerprint density at radius 1 is 1.12 bits per heavy atom. The fourth-order valence-electron chi connectivity index (χ4n) is 2.20. The number of nitrogens with two attached hydrogens (primary N) is 1. The third-order valence-corrected chi connectivity index (χ3v) is 3.05. The quantitative estimate of drug-likeness (QED) is 0.626. The van der Waals surface area contributed by atoms with E-state index in [1.807, 2.05) is 0 Å². The van der Waals surface area contributed by atoms with Crippen molar-refractivity contribution in [3.8, 4) is 0 Å². The van der Waals surface area contributed by atoms with E-state index in [1.54, 1.807) is 0 Å². The van der Waals surface area contributed by atoms with Crippen molar-refractivity contribution in [2.45, 2.75) is 6.29 Å². The van der Waals surface area contributed by atoms with Crippen LogP contribution in [0.4, 0.5) is 0 Å². The minimum atomic E-state index is -0.182. The Labute approximate surface area is 101 Å². The lowest BCUT2D eigenvalue weighted by molar-refractivity contribution is 0.496. The number of nitrogens with one attached hydrogen (secondary N) is 2. The van der Waals surface area contributed by atoms with Crippen LogP contribution in [0, 0.1) is 0 Å². The average molecular weight is 225 g/mol. The van der Waals surface area contributed by atoms with Crippen LogP contribution in [0.15, 0.2) is 48.1 Å². The van der Waals surface area contributed by atoms with Gasteiger partial charge in [-0.2, -0.15) is 0 Å². The topological polar surface area (TPSA) is 50.1 Å². The minimum Gasteiger partial charge on any atom is -0.357 e. The number of fused-ring (bicyclic) bond motifs is 2. The molecule has 86 valence electrons. The van der Waals surface area contributed by atoms with E-state index in [0.717, 1.165) is 12.2 Å². The third kappa shape index (κ3) is 1.90. The molecule has 3 nitrogen and oxygen atoms in total. The Bertz CT molecular complexity index is 526. The van der Waals surface area contributed by atoms with Crippen LogP contribution in [0.3, 0.4) is 0 Å². The van der Waals surface area contributed by atoms with Crippen LogP contribution in [0.5, 0.6) is 0 Å². The second-order valence-electron chi connectivity index (χ2n) is 4.21. The van der Waals surface area contributed by atoms with Crippen LogP contribution in [0.25, 0.3) is 11.8 Å². The molecule has 1 aromatic rings. The lowest BCUT2D eigenvalue weighted by Crippen LogP contribution is -2.52. The molecule has 17 heavy (non-hydrogen) atoms. The van der Waals surface area contributed by atoms with Crippen molar-refractivity contribution in [3.05, 3.63) is 59.2 Å². The normalized spacial score (nSPS) is 26.1. The summed E-state index contributed by atoms with van der Waals surface area (Å²) in [4.78, 5) is 0. The van der Waals surface area contributed by atoms with Crippen molar-refractivity contribution >= 4 is 11.8 Å². The predicted octanol–water partition coefficient (Wildman–Crippen LogP) is 1.42. The second kappa shape index (κ2) is 4.20. The highest BCUT2D eigenvalue weighted by atomic mass is 15.2. The van der Waals surface area contributed by atoms with E-state index in [4.69, 9.17) is 5.73 Å². The molecule has 4 N–H and O–H groups in total. The highest BCUT2D eigenvalue weighted by Gasteiger charge is 2.18. The molecule has 3 rings (SSSR count). The molecule has 1 unspecified atom stereocenters. The van der Waals surface area contributed by atoms with Crippen molar-refractivity contribution in [1.29, 1.82) is 0 Å². The van der Waals surface area contributed by atoms with Crippen LogP contribution >= 0.6 is 0 Å². The zero-order valence-corrected chi connectivity index (χ0v) is 9.48. The van der Waals surface area contributed by atoms with Gasteiger partial charge in [-0.25, -0.2) is 0 Å². The fourth-order valence-corrected chi connectivity index (χ4v) is 2.20. The van der Waals surface area contributed by atoms with E-state index in [1.165, 1.54) is 16.7 Å². The van der Waals surface area contributed by atoms with Gasteiger partial charge < -0.3 is 5.32 Å². The molecule has 1 aliphatic heterocycles. The number of benzene rings is 1. The first-order valence-corrected chi connectivity index (χ1v) is 5.77. The second-order valence-corrected chi connectivity index (χ2v) is 4.21. The van der Waals surface area contributed by atoms with E-state index in [0.29, 0.717) is 0 Å². The molecule has 0 amide bonds. The largest absolute Gasteiger partial charge is 0.357 e. The van der Waals surface area contributed by atoms with Crippen LogP contribution in [-0.4, -0.2) is 12.8 Å². The van der Waals surface area contributed by atoms with Gasteiger partial charge in [-0.05, 0) is 11.1 Å². The molecule has 0 fully saturated rings. The van der Waals surface area contributed by atoms with Crippen molar-refractivity contribution in [2.75, 3.05) is 6.54 Å². The third-order valence-electron chi connectivity index (χ3n) is 3.05. The molecular formula is C14H15N3. The Morgan fingerprint density at radius 3 is 2.88 bits per heavy atom.